The van der Waals surface area contributed by atoms with Crippen LogP contribution in [0.25, 0.3) is 16.9 Å². The molecule has 0 fully saturated rings. The fraction of sp³-hybridized carbons (Fsp3) is 0.0870. The molecule has 0 spiro atoms. The third-order valence-corrected chi connectivity index (χ3v) is 5.69. The molecule has 2 aromatic carbocycles. The highest BCUT2D eigenvalue weighted by atomic mass is 35.5. The number of halogens is 2. The number of amides is 2. The lowest BCUT2D eigenvalue weighted by molar-refractivity contribution is -0.114. The molecule has 0 unspecified atom stereocenters. The summed E-state index contributed by atoms with van der Waals surface area (Å²) in [6, 6.07) is 12.3. The van der Waals surface area contributed by atoms with Crippen molar-refractivity contribution >= 4 is 45.6 Å². The molecule has 172 valence electrons. The third-order valence-electron chi connectivity index (χ3n) is 4.68. The van der Waals surface area contributed by atoms with Crippen LogP contribution in [-0.4, -0.2) is 26.6 Å². The van der Waals surface area contributed by atoms with Gasteiger partial charge in [-0.2, -0.15) is 5.10 Å². The zero-order valence-electron chi connectivity index (χ0n) is 17.9. The number of nitrogens with one attached hydrogen (secondary N) is 2. The molecule has 34 heavy (non-hydrogen) atoms. The number of aryl methyl sites for hydroxylation is 1. The van der Waals surface area contributed by atoms with E-state index in [1.54, 1.807) is 42.6 Å². The van der Waals surface area contributed by atoms with Crippen LogP contribution in [-0.2, 0) is 4.79 Å². The number of hydrogen-bond donors (Lipinski definition) is 2. The van der Waals surface area contributed by atoms with Crippen molar-refractivity contribution in [3.63, 3.8) is 0 Å². The smallest absolute Gasteiger partial charge is 0.281 e. The minimum atomic E-state index is -0.741. The number of nitrogens with zero attached hydrogens (tertiary/aromatic N) is 3. The lowest BCUT2D eigenvalue weighted by Gasteiger charge is -2.11. The Hall–Kier alpha value is -3.89. The quantitative estimate of drug-likeness (QED) is 0.417. The van der Waals surface area contributed by atoms with Gasteiger partial charge in [0.05, 0.1) is 11.4 Å². The Kier molecular flexibility index (Phi) is 6.53. The third kappa shape index (κ3) is 5.03. The molecule has 0 atom stereocenters. The molecular weight excluding hydrogens is 481 g/mol. The summed E-state index contributed by atoms with van der Waals surface area (Å²) in [6.07, 6.45) is 0. The number of carbonyl (C=O) groups is 2. The summed E-state index contributed by atoms with van der Waals surface area (Å²) in [6.45, 7) is 3.03. The van der Waals surface area contributed by atoms with Crippen molar-refractivity contribution in [2.45, 2.75) is 13.8 Å². The minimum absolute atomic E-state index is 0.171. The molecule has 0 aliphatic carbocycles. The average molecular weight is 498 g/mol. The Balaban J connectivity index is 1.58. The summed E-state index contributed by atoms with van der Waals surface area (Å²) in [5.41, 5.74) is 1.12. The molecular formula is C23H17ClFN5O3S. The monoisotopic (exact) mass is 497 g/mol. The van der Waals surface area contributed by atoms with E-state index in [9.17, 15) is 18.8 Å². The maximum atomic E-state index is 14.5. The van der Waals surface area contributed by atoms with E-state index < -0.39 is 17.2 Å². The van der Waals surface area contributed by atoms with Gasteiger partial charge in [-0.3, -0.25) is 19.7 Å². The number of carbonyl (C=O) groups excluding carboxylic acids is 2. The predicted octanol–water partition coefficient (Wildman–Crippen LogP) is 4.67. The molecule has 2 N–H and O–H groups in total. The number of rotatable bonds is 5. The lowest BCUT2D eigenvalue weighted by atomic mass is 10.1. The van der Waals surface area contributed by atoms with Gasteiger partial charge < -0.3 is 5.32 Å². The topological polar surface area (TPSA) is 106 Å². The second-order valence-corrected chi connectivity index (χ2v) is 8.55. The van der Waals surface area contributed by atoms with Gasteiger partial charge in [0.25, 0.3) is 5.91 Å². The van der Waals surface area contributed by atoms with Gasteiger partial charge in [0, 0.05) is 40.3 Å². The van der Waals surface area contributed by atoms with E-state index in [2.05, 4.69) is 20.7 Å². The largest absolute Gasteiger partial charge is 0.326 e. The molecule has 0 aliphatic heterocycles. The fourth-order valence-corrected chi connectivity index (χ4v) is 3.99. The first-order valence-electron chi connectivity index (χ1n) is 9.92. The first-order valence-corrected chi connectivity index (χ1v) is 11.2. The van der Waals surface area contributed by atoms with E-state index in [1.165, 1.54) is 29.8 Å². The van der Waals surface area contributed by atoms with Crippen molar-refractivity contribution in [2.24, 2.45) is 0 Å². The van der Waals surface area contributed by atoms with Crippen molar-refractivity contribution in [3.05, 3.63) is 86.4 Å². The standard InChI is InChI=1S/C23H17ClFN5O3S/c1-12-9-20(32)21(29-30(12)16-6-3-14(24)4-7-16)22(33)28-23-27-19(11-34-23)17-8-5-15(10-18(17)25)26-13(2)31/h3-11H,1-2H3,(H,26,31)(H,27,28,33). The van der Waals surface area contributed by atoms with Crippen LogP contribution in [0.5, 0.6) is 0 Å². The van der Waals surface area contributed by atoms with Gasteiger partial charge in [0.1, 0.15) is 5.82 Å². The SMILES string of the molecule is CC(=O)Nc1ccc(-c2csc(NC(=O)c3nn(-c4ccc(Cl)cc4)c(C)cc3=O)n2)c(F)c1. The van der Waals surface area contributed by atoms with E-state index in [1.807, 2.05) is 0 Å². The highest BCUT2D eigenvalue weighted by molar-refractivity contribution is 7.14. The van der Waals surface area contributed by atoms with Crippen molar-refractivity contribution in [1.29, 1.82) is 0 Å². The highest BCUT2D eigenvalue weighted by Gasteiger charge is 2.18. The fourth-order valence-electron chi connectivity index (χ4n) is 3.16. The summed E-state index contributed by atoms with van der Waals surface area (Å²) in [7, 11) is 0. The summed E-state index contributed by atoms with van der Waals surface area (Å²) in [5, 5.41) is 11.5. The number of thiazole rings is 1. The summed E-state index contributed by atoms with van der Waals surface area (Å²) in [4.78, 5) is 40.6. The van der Waals surface area contributed by atoms with Crippen LogP contribution in [0.1, 0.15) is 23.1 Å². The zero-order chi connectivity index (χ0) is 24.4. The molecule has 8 nitrogen and oxygen atoms in total. The minimum Gasteiger partial charge on any atom is -0.326 e. The van der Waals surface area contributed by atoms with Crippen LogP contribution in [0.2, 0.25) is 5.02 Å². The van der Waals surface area contributed by atoms with Gasteiger partial charge in [-0.05, 0) is 49.4 Å². The maximum Gasteiger partial charge on any atom is 0.281 e. The molecule has 0 radical (unpaired) electrons. The molecule has 4 rings (SSSR count). The second kappa shape index (κ2) is 9.54. The first-order chi connectivity index (χ1) is 16.2. The summed E-state index contributed by atoms with van der Waals surface area (Å²) >= 11 is 7.00. The predicted molar refractivity (Wildman–Crippen MR) is 129 cm³/mol. The van der Waals surface area contributed by atoms with Crippen molar-refractivity contribution < 1.29 is 14.0 Å². The lowest BCUT2D eigenvalue weighted by Crippen LogP contribution is -2.26. The van der Waals surface area contributed by atoms with Gasteiger partial charge in [-0.1, -0.05) is 11.6 Å². The van der Waals surface area contributed by atoms with Crippen LogP contribution >= 0.6 is 22.9 Å². The number of anilines is 2. The summed E-state index contributed by atoms with van der Waals surface area (Å²) in [5.74, 6) is -1.64. The van der Waals surface area contributed by atoms with Gasteiger partial charge in [-0.25, -0.2) is 14.1 Å². The molecule has 0 saturated heterocycles. The first kappa shape index (κ1) is 23.3. The van der Waals surface area contributed by atoms with Crippen molar-refractivity contribution in [2.75, 3.05) is 10.6 Å². The van der Waals surface area contributed by atoms with E-state index in [0.717, 1.165) is 11.3 Å². The Labute approximate surface area is 202 Å². The van der Waals surface area contributed by atoms with Crippen LogP contribution in [0, 0.1) is 12.7 Å². The van der Waals surface area contributed by atoms with Gasteiger partial charge in [-0.15, -0.1) is 11.3 Å². The number of hydrogen-bond acceptors (Lipinski definition) is 6. The second-order valence-electron chi connectivity index (χ2n) is 7.25. The molecule has 0 bridgehead atoms. The number of benzene rings is 2. The van der Waals surface area contributed by atoms with Crippen LogP contribution in [0.15, 0.2) is 58.7 Å². The maximum absolute atomic E-state index is 14.5. The van der Waals surface area contributed by atoms with Gasteiger partial charge >= 0.3 is 0 Å². The zero-order valence-corrected chi connectivity index (χ0v) is 19.5. The van der Waals surface area contributed by atoms with Crippen LogP contribution < -0.4 is 16.1 Å². The van der Waals surface area contributed by atoms with E-state index in [-0.39, 0.29) is 22.3 Å². The Bertz CT molecular complexity index is 1470. The molecule has 2 amide bonds. The van der Waals surface area contributed by atoms with E-state index >= 15 is 0 Å². The van der Waals surface area contributed by atoms with Crippen LogP contribution in [0.4, 0.5) is 15.2 Å². The van der Waals surface area contributed by atoms with Gasteiger partial charge in [0.2, 0.25) is 11.3 Å². The molecule has 2 heterocycles. The molecule has 0 saturated carbocycles. The Morgan fingerprint density at radius 2 is 1.82 bits per heavy atom. The molecule has 11 heteroatoms. The normalized spacial score (nSPS) is 10.7. The van der Waals surface area contributed by atoms with E-state index in [0.29, 0.717) is 27.8 Å². The van der Waals surface area contributed by atoms with Crippen molar-refractivity contribution in [1.82, 2.24) is 14.8 Å². The van der Waals surface area contributed by atoms with E-state index in [4.69, 9.17) is 11.6 Å². The summed E-state index contributed by atoms with van der Waals surface area (Å²) < 4.78 is 16.0. The van der Waals surface area contributed by atoms with Crippen LogP contribution in [0.3, 0.4) is 0 Å². The average Bonchev–Trinajstić information content (AvgIpc) is 3.22. The Morgan fingerprint density at radius 1 is 1.09 bits per heavy atom. The highest BCUT2D eigenvalue weighted by Crippen LogP contribution is 2.29. The molecule has 4 aromatic rings. The van der Waals surface area contributed by atoms with Gasteiger partial charge in [0.15, 0.2) is 10.8 Å². The van der Waals surface area contributed by atoms with Crippen molar-refractivity contribution in [3.8, 4) is 16.9 Å². The number of aromatic nitrogens is 3. The Morgan fingerprint density at radius 3 is 2.50 bits per heavy atom. The molecule has 0 aliphatic rings. The molecule has 2 aromatic heterocycles.